The van der Waals surface area contributed by atoms with Crippen molar-refractivity contribution >= 4 is 22.7 Å². The van der Waals surface area contributed by atoms with Gasteiger partial charge >= 0.3 is 0 Å². The SMILES string of the molecule is Nc1nc(NCc2cccnc2)c2ccccc2n1. The third-order valence-electron chi connectivity index (χ3n) is 2.80. The summed E-state index contributed by atoms with van der Waals surface area (Å²) < 4.78 is 0. The third-order valence-corrected chi connectivity index (χ3v) is 2.80. The van der Waals surface area contributed by atoms with Gasteiger partial charge in [-0.05, 0) is 23.8 Å². The van der Waals surface area contributed by atoms with Gasteiger partial charge in [-0.2, -0.15) is 4.98 Å². The number of aromatic nitrogens is 3. The Morgan fingerprint density at radius 2 is 1.95 bits per heavy atom. The molecule has 0 bridgehead atoms. The highest BCUT2D eigenvalue weighted by Crippen LogP contribution is 2.21. The molecule has 94 valence electrons. The fourth-order valence-corrected chi connectivity index (χ4v) is 1.92. The fraction of sp³-hybridized carbons (Fsp3) is 0.0714. The number of nitrogen functional groups attached to an aromatic ring is 1. The summed E-state index contributed by atoms with van der Waals surface area (Å²) in [7, 11) is 0. The number of nitrogens with zero attached hydrogens (tertiary/aromatic N) is 3. The Balaban J connectivity index is 1.92. The minimum atomic E-state index is 0.271. The predicted molar refractivity (Wildman–Crippen MR) is 75.5 cm³/mol. The minimum Gasteiger partial charge on any atom is -0.368 e. The van der Waals surface area contributed by atoms with Crippen LogP contribution in [-0.4, -0.2) is 15.0 Å². The number of hydrogen-bond donors (Lipinski definition) is 2. The Morgan fingerprint density at radius 1 is 1.05 bits per heavy atom. The molecule has 0 saturated heterocycles. The van der Waals surface area contributed by atoms with Crippen molar-refractivity contribution in [2.45, 2.75) is 6.54 Å². The molecule has 19 heavy (non-hydrogen) atoms. The zero-order chi connectivity index (χ0) is 13.1. The lowest BCUT2D eigenvalue weighted by Crippen LogP contribution is -2.05. The predicted octanol–water partition coefficient (Wildman–Crippen LogP) is 2.22. The van der Waals surface area contributed by atoms with E-state index in [1.165, 1.54) is 0 Å². The molecule has 0 spiro atoms. The first-order chi connectivity index (χ1) is 9.33. The van der Waals surface area contributed by atoms with Crippen LogP contribution < -0.4 is 11.1 Å². The molecule has 5 heteroatoms. The van der Waals surface area contributed by atoms with Crippen LogP contribution in [0.25, 0.3) is 10.9 Å². The third kappa shape index (κ3) is 2.44. The molecule has 0 aliphatic rings. The van der Waals surface area contributed by atoms with Gasteiger partial charge < -0.3 is 11.1 Å². The normalized spacial score (nSPS) is 10.5. The van der Waals surface area contributed by atoms with E-state index in [-0.39, 0.29) is 5.95 Å². The van der Waals surface area contributed by atoms with Gasteiger partial charge in [0.15, 0.2) is 0 Å². The lowest BCUT2D eigenvalue weighted by Gasteiger charge is -2.09. The minimum absolute atomic E-state index is 0.271. The number of benzene rings is 1. The molecule has 0 amide bonds. The van der Waals surface area contributed by atoms with Crippen molar-refractivity contribution in [2.24, 2.45) is 0 Å². The Hall–Kier alpha value is -2.69. The van der Waals surface area contributed by atoms with E-state index in [2.05, 4.69) is 20.3 Å². The number of fused-ring (bicyclic) bond motifs is 1. The van der Waals surface area contributed by atoms with Crippen molar-refractivity contribution in [1.82, 2.24) is 15.0 Å². The Labute approximate surface area is 110 Å². The topological polar surface area (TPSA) is 76.7 Å². The number of nitrogens with two attached hydrogens (primary N) is 1. The second-order valence-corrected chi connectivity index (χ2v) is 4.16. The highest BCUT2D eigenvalue weighted by Gasteiger charge is 2.05. The van der Waals surface area contributed by atoms with Gasteiger partial charge in [0.1, 0.15) is 5.82 Å². The molecule has 0 fully saturated rings. The van der Waals surface area contributed by atoms with Crippen LogP contribution in [0.5, 0.6) is 0 Å². The number of para-hydroxylation sites is 1. The summed E-state index contributed by atoms with van der Waals surface area (Å²) in [4.78, 5) is 12.5. The van der Waals surface area contributed by atoms with Gasteiger partial charge in [0.2, 0.25) is 5.95 Å². The van der Waals surface area contributed by atoms with Crippen LogP contribution in [0.3, 0.4) is 0 Å². The number of rotatable bonds is 3. The smallest absolute Gasteiger partial charge is 0.222 e. The molecule has 3 aromatic rings. The van der Waals surface area contributed by atoms with E-state index in [0.717, 1.165) is 22.3 Å². The molecule has 0 radical (unpaired) electrons. The Morgan fingerprint density at radius 3 is 2.79 bits per heavy atom. The van der Waals surface area contributed by atoms with E-state index in [9.17, 15) is 0 Å². The molecule has 2 heterocycles. The zero-order valence-electron chi connectivity index (χ0n) is 10.2. The molecular weight excluding hydrogens is 238 g/mol. The van der Waals surface area contributed by atoms with Gasteiger partial charge in [-0.3, -0.25) is 4.98 Å². The van der Waals surface area contributed by atoms with Gasteiger partial charge in [0.25, 0.3) is 0 Å². The summed E-state index contributed by atoms with van der Waals surface area (Å²) >= 11 is 0. The van der Waals surface area contributed by atoms with Crippen LogP contribution in [0.1, 0.15) is 5.56 Å². The standard InChI is InChI=1S/C14H13N5/c15-14-18-12-6-2-1-5-11(12)13(19-14)17-9-10-4-3-7-16-8-10/h1-8H,9H2,(H3,15,17,18,19). The second kappa shape index (κ2) is 4.89. The van der Waals surface area contributed by atoms with E-state index in [4.69, 9.17) is 5.73 Å². The number of pyridine rings is 1. The van der Waals surface area contributed by atoms with E-state index in [0.29, 0.717) is 6.54 Å². The van der Waals surface area contributed by atoms with Crippen LogP contribution in [0.15, 0.2) is 48.8 Å². The highest BCUT2D eigenvalue weighted by molar-refractivity contribution is 5.89. The first-order valence-electron chi connectivity index (χ1n) is 5.98. The summed E-state index contributed by atoms with van der Waals surface area (Å²) in [5.74, 6) is 1.01. The highest BCUT2D eigenvalue weighted by atomic mass is 15.1. The van der Waals surface area contributed by atoms with Gasteiger partial charge in [0.05, 0.1) is 5.52 Å². The van der Waals surface area contributed by atoms with Crippen molar-refractivity contribution in [2.75, 3.05) is 11.1 Å². The quantitative estimate of drug-likeness (QED) is 0.746. The van der Waals surface area contributed by atoms with Crippen LogP contribution in [-0.2, 0) is 6.54 Å². The van der Waals surface area contributed by atoms with E-state index in [1.807, 2.05) is 42.6 Å². The fourth-order valence-electron chi connectivity index (χ4n) is 1.92. The average Bonchev–Trinajstić information content (AvgIpc) is 2.45. The summed E-state index contributed by atoms with van der Waals surface area (Å²) in [6.45, 7) is 0.647. The Kier molecular flexibility index (Phi) is 2.94. The van der Waals surface area contributed by atoms with Gasteiger partial charge in [-0.15, -0.1) is 0 Å². The monoisotopic (exact) mass is 251 g/mol. The first-order valence-corrected chi connectivity index (χ1v) is 5.98. The summed E-state index contributed by atoms with van der Waals surface area (Å²) in [6, 6.07) is 11.7. The average molecular weight is 251 g/mol. The number of nitrogens with one attached hydrogen (secondary N) is 1. The summed E-state index contributed by atoms with van der Waals surface area (Å²) in [6.07, 6.45) is 3.57. The molecule has 0 atom stereocenters. The van der Waals surface area contributed by atoms with Gasteiger partial charge in [0, 0.05) is 24.3 Å². The van der Waals surface area contributed by atoms with Gasteiger partial charge in [-0.25, -0.2) is 4.98 Å². The maximum atomic E-state index is 5.72. The maximum absolute atomic E-state index is 5.72. The molecule has 0 unspecified atom stereocenters. The van der Waals surface area contributed by atoms with Crippen LogP contribution >= 0.6 is 0 Å². The van der Waals surface area contributed by atoms with E-state index < -0.39 is 0 Å². The van der Waals surface area contributed by atoms with Crippen LogP contribution in [0.4, 0.5) is 11.8 Å². The molecule has 3 N–H and O–H groups in total. The Bertz CT molecular complexity index is 697. The molecular formula is C14H13N5. The molecule has 1 aromatic carbocycles. The molecule has 2 aromatic heterocycles. The van der Waals surface area contributed by atoms with Crippen LogP contribution in [0, 0.1) is 0 Å². The lowest BCUT2D eigenvalue weighted by molar-refractivity contribution is 1.09. The summed E-state index contributed by atoms with van der Waals surface area (Å²) in [5.41, 5.74) is 7.64. The number of hydrogen-bond acceptors (Lipinski definition) is 5. The molecule has 0 aliphatic carbocycles. The second-order valence-electron chi connectivity index (χ2n) is 4.16. The molecule has 3 rings (SSSR count). The lowest BCUT2D eigenvalue weighted by atomic mass is 10.2. The van der Waals surface area contributed by atoms with Crippen molar-refractivity contribution in [1.29, 1.82) is 0 Å². The first kappa shape index (κ1) is 11.4. The van der Waals surface area contributed by atoms with Gasteiger partial charge in [-0.1, -0.05) is 18.2 Å². The largest absolute Gasteiger partial charge is 0.368 e. The molecule has 0 aliphatic heterocycles. The molecule has 0 saturated carbocycles. The van der Waals surface area contributed by atoms with Crippen molar-refractivity contribution in [3.8, 4) is 0 Å². The zero-order valence-corrected chi connectivity index (χ0v) is 10.2. The van der Waals surface area contributed by atoms with Crippen molar-refractivity contribution < 1.29 is 0 Å². The van der Waals surface area contributed by atoms with E-state index in [1.54, 1.807) is 6.20 Å². The van der Waals surface area contributed by atoms with Crippen molar-refractivity contribution in [3.63, 3.8) is 0 Å². The number of anilines is 2. The van der Waals surface area contributed by atoms with Crippen molar-refractivity contribution in [3.05, 3.63) is 54.4 Å². The van der Waals surface area contributed by atoms with Crippen LogP contribution in [0.2, 0.25) is 0 Å². The maximum Gasteiger partial charge on any atom is 0.222 e. The van der Waals surface area contributed by atoms with E-state index >= 15 is 0 Å². The molecule has 5 nitrogen and oxygen atoms in total. The summed E-state index contributed by atoms with van der Waals surface area (Å²) in [5, 5.41) is 4.23.